The zero-order valence-electron chi connectivity index (χ0n) is 10.1. The number of benzene rings is 1. The topological polar surface area (TPSA) is 70.7 Å². The second-order valence-corrected chi connectivity index (χ2v) is 4.15. The molecule has 0 spiro atoms. The molecule has 1 amide bonds. The monoisotopic (exact) mass is 252 g/mol. The van der Waals surface area contributed by atoms with Crippen LogP contribution in [0.15, 0.2) is 48.9 Å². The number of rotatable bonds is 3. The quantitative estimate of drug-likeness (QED) is 0.747. The number of carbonyl (C=O) groups is 1. The highest BCUT2D eigenvalue weighted by molar-refractivity contribution is 5.93. The number of nitrogens with one attached hydrogen (secondary N) is 2. The van der Waals surface area contributed by atoms with Gasteiger partial charge in [0.25, 0.3) is 5.91 Å². The second-order valence-electron chi connectivity index (χ2n) is 4.15. The fourth-order valence-corrected chi connectivity index (χ4v) is 1.81. The van der Waals surface area contributed by atoms with Crippen molar-refractivity contribution in [1.82, 2.24) is 20.3 Å². The summed E-state index contributed by atoms with van der Waals surface area (Å²) in [5.74, 6) is -0.223. The largest absolute Gasteiger partial charge is 0.367 e. The van der Waals surface area contributed by atoms with Gasteiger partial charge < -0.3 is 10.3 Å². The molecule has 5 heteroatoms. The van der Waals surface area contributed by atoms with Gasteiger partial charge in [-0.2, -0.15) is 0 Å². The summed E-state index contributed by atoms with van der Waals surface area (Å²) in [6.45, 7) is 0.469. The molecule has 0 aliphatic heterocycles. The molecule has 5 nitrogen and oxygen atoms in total. The highest BCUT2D eigenvalue weighted by Crippen LogP contribution is 2.08. The van der Waals surface area contributed by atoms with Gasteiger partial charge in [0, 0.05) is 18.9 Å². The zero-order valence-corrected chi connectivity index (χ0v) is 10.1. The number of hydrogen-bond acceptors (Lipinski definition) is 3. The smallest absolute Gasteiger partial charge is 0.271 e. The summed E-state index contributed by atoms with van der Waals surface area (Å²) in [5.41, 5.74) is 2.85. The van der Waals surface area contributed by atoms with E-state index in [4.69, 9.17) is 0 Å². The average molecular weight is 252 g/mol. The highest BCUT2D eigenvalue weighted by atomic mass is 16.1. The SMILES string of the molecule is O=C(NCc1cc[nH]c1)c1cnc2ccccc2n1. The summed E-state index contributed by atoms with van der Waals surface area (Å²) in [6, 6.07) is 9.38. The van der Waals surface area contributed by atoms with Gasteiger partial charge in [-0.1, -0.05) is 12.1 Å². The van der Waals surface area contributed by atoms with Crippen LogP contribution < -0.4 is 5.32 Å². The van der Waals surface area contributed by atoms with E-state index in [0.29, 0.717) is 12.2 Å². The van der Waals surface area contributed by atoms with E-state index in [1.807, 2.05) is 42.7 Å². The Kier molecular flexibility index (Phi) is 2.94. The van der Waals surface area contributed by atoms with Gasteiger partial charge in [0.2, 0.25) is 0 Å². The minimum absolute atomic E-state index is 0.223. The molecule has 94 valence electrons. The van der Waals surface area contributed by atoms with E-state index in [1.165, 1.54) is 6.20 Å². The molecular weight excluding hydrogens is 240 g/mol. The summed E-state index contributed by atoms with van der Waals surface area (Å²) in [5, 5.41) is 2.80. The Hall–Kier alpha value is -2.69. The Bertz CT molecular complexity index is 706. The van der Waals surface area contributed by atoms with E-state index in [1.54, 1.807) is 0 Å². The Morgan fingerprint density at radius 1 is 1.21 bits per heavy atom. The molecule has 0 unspecified atom stereocenters. The third kappa shape index (κ3) is 2.44. The molecule has 0 bridgehead atoms. The number of aromatic amines is 1. The maximum absolute atomic E-state index is 12.0. The normalized spacial score (nSPS) is 10.5. The minimum atomic E-state index is -0.223. The lowest BCUT2D eigenvalue weighted by Gasteiger charge is -2.04. The minimum Gasteiger partial charge on any atom is -0.367 e. The van der Waals surface area contributed by atoms with Gasteiger partial charge in [0.05, 0.1) is 17.2 Å². The molecule has 0 fully saturated rings. The van der Waals surface area contributed by atoms with Crippen LogP contribution in [0.4, 0.5) is 0 Å². The van der Waals surface area contributed by atoms with E-state index >= 15 is 0 Å². The second kappa shape index (κ2) is 4.89. The Morgan fingerprint density at radius 2 is 2.05 bits per heavy atom. The number of amides is 1. The van der Waals surface area contributed by atoms with E-state index in [9.17, 15) is 4.79 Å². The summed E-state index contributed by atoms with van der Waals surface area (Å²) >= 11 is 0. The molecule has 3 rings (SSSR count). The van der Waals surface area contributed by atoms with Crippen LogP contribution in [0.1, 0.15) is 16.1 Å². The standard InChI is InChI=1S/C14H12N4O/c19-14(17-8-10-5-6-15-7-10)13-9-16-11-3-1-2-4-12(11)18-13/h1-7,9,15H,8H2,(H,17,19). The first-order valence-corrected chi connectivity index (χ1v) is 5.94. The van der Waals surface area contributed by atoms with Crippen molar-refractivity contribution in [3.05, 3.63) is 60.2 Å². The van der Waals surface area contributed by atoms with Gasteiger partial charge >= 0.3 is 0 Å². The van der Waals surface area contributed by atoms with Gasteiger partial charge in [-0.3, -0.25) is 9.78 Å². The molecule has 1 aromatic carbocycles. The van der Waals surface area contributed by atoms with Crippen LogP contribution in [0.3, 0.4) is 0 Å². The molecule has 2 aromatic heterocycles. The van der Waals surface area contributed by atoms with Crippen LogP contribution in [0.5, 0.6) is 0 Å². The molecule has 0 saturated heterocycles. The number of nitrogens with zero attached hydrogens (tertiary/aromatic N) is 2. The van der Waals surface area contributed by atoms with E-state index in [0.717, 1.165) is 16.6 Å². The van der Waals surface area contributed by atoms with Crippen molar-refractivity contribution in [2.75, 3.05) is 0 Å². The molecule has 0 aliphatic carbocycles. The number of fused-ring (bicyclic) bond motifs is 1. The van der Waals surface area contributed by atoms with Crippen molar-refractivity contribution in [3.8, 4) is 0 Å². The van der Waals surface area contributed by atoms with Gasteiger partial charge in [-0.25, -0.2) is 4.98 Å². The van der Waals surface area contributed by atoms with Crippen LogP contribution in [-0.4, -0.2) is 20.9 Å². The van der Waals surface area contributed by atoms with Crippen LogP contribution in [0.25, 0.3) is 11.0 Å². The van der Waals surface area contributed by atoms with E-state index in [-0.39, 0.29) is 5.91 Å². The van der Waals surface area contributed by atoms with E-state index in [2.05, 4.69) is 20.3 Å². The fourth-order valence-electron chi connectivity index (χ4n) is 1.81. The van der Waals surface area contributed by atoms with Crippen molar-refractivity contribution in [2.45, 2.75) is 6.54 Å². The summed E-state index contributed by atoms with van der Waals surface area (Å²) < 4.78 is 0. The molecular formula is C14H12N4O. The molecule has 0 radical (unpaired) electrons. The number of para-hydroxylation sites is 2. The third-order valence-electron chi connectivity index (χ3n) is 2.80. The van der Waals surface area contributed by atoms with Crippen LogP contribution in [-0.2, 0) is 6.54 Å². The van der Waals surface area contributed by atoms with Crippen LogP contribution >= 0.6 is 0 Å². The summed E-state index contributed by atoms with van der Waals surface area (Å²) in [7, 11) is 0. The lowest BCUT2D eigenvalue weighted by Crippen LogP contribution is -2.23. The third-order valence-corrected chi connectivity index (χ3v) is 2.80. The molecule has 19 heavy (non-hydrogen) atoms. The summed E-state index contributed by atoms with van der Waals surface area (Å²) in [4.78, 5) is 23.4. The van der Waals surface area contributed by atoms with Crippen LogP contribution in [0, 0.1) is 0 Å². The number of carbonyl (C=O) groups excluding carboxylic acids is 1. The number of aromatic nitrogens is 3. The first-order chi connectivity index (χ1) is 9.33. The first-order valence-electron chi connectivity index (χ1n) is 5.94. The van der Waals surface area contributed by atoms with Crippen LogP contribution in [0.2, 0.25) is 0 Å². The maximum Gasteiger partial charge on any atom is 0.271 e. The van der Waals surface area contributed by atoms with Gasteiger partial charge in [0.1, 0.15) is 5.69 Å². The van der Waals surface area contributed by atoms with Crippen molar-refractivity contribution in [3.63, 3.8) is 0 Å². The molecule has 2 N–H and O–H groups in total. The Morgan fingerprint density at radius 3 is 2.84 bits per heavy atom. The number of H-pyrrole nitrogens is 1. The van der Waals surface area contributed by atoms with Gasteiger partial charge in [0.15, 0.2) is 0 Å². The number of hydrogen-bond donors (Lipinski definition) is 2. The molecule has 0 saturated carbocycles. The van der Waals surface area contributed by atoms with Gasteiger partial charge in [-0.15, -0.1) is 0 Å². The van der Waals surface area contributed by atoms with Crippen molar-refractivity contribution in [1.29, 1.82) is 0 Å². The van der Waals surface area contributed by atoms with Crippen molar-refractivity contribution in [2.24, 2.45) is 0 Å². The molecule has 0 atom stereocenters. The molecule has 2 heterocycles. The first kappa shape index (κ1) is 11.4. The Labute approximate surface area is 109 Å². The zero-order chi connectivity index (χ0) is 13.1. The van der Waals surface area contributed by atoms with Crippen molar-refractivity contribution < 1.29 is 4.79 Å². The molecule has 3 aromatic rings. The van der Waals surface area contributed by atoms with E-state index < -0.39 is 0 Å². The predicted molar refractivity (Wildman–Crippen MR) is 71.5 cm³/mol. The fraction of sp³-hybridized carbons (Fsp3) is 0.0714. The Balaban J connectivity index is 1.77. The maximum atomic E-state index is 12.0. The molecule has 0 aliphatic rings. The van der Waals surface area contributed by atoms with Gasteiger partial charge in [-0.05, 0) is 23.8 Å². The lowest BCUT2D eigenvalue weighted by molar-refractivity contribution is 0.0946. The lowest BCUT2D eigenvalue weighted by atomic mass is 10.3. The highest BCUT2D eigenvalue weighted by Gasteiger charge is 2.08. The van der Waals surface area contributed by atoms with Crippen molar-refractivity contribution >= 4 is 16.9 Å². The summed E-state index contributed by atoms with van der Waals surface area (Å²) in [6.07, 6.45) is 5.15. The average Bonchev–Trinajstić information content (AvgIpc) is 2.97. The predicted octanol–water partition coefficient (Wildman–Crippen LogP) is 1.89.